The lowest BCUT2D eigenvalue weighted by molar-refractivity contribution is 0.0956. The van der Waals surface area contributed by atoms with Gasteiger partial charge < -0.3 is 4.42 Å². The summed E-state index contributed by atoms with van der Waals surface area (Å²) in [7, 11) is 0. The first-order valence-corrected chi connectivity index (χ1v) is 5.35. The SMILES string of the molecule is N#Cc1ccc(CCC(=O)c2ccco2)cc1. The lowest BCUT2D eigenvalue weighted by atomic mass is 10.1. The van der Waals surface area contributed by atoms with Gasteiger partial charge in [0.05, 0.1) is 17.9 Å². The molecule has 0 saturated carbocycles. The third-order valence-electron chi connectivity index (χ3n) is 2.52. The Morgan fingerprint density at radius 3 is 2.59 bits per heavy atom. The average molecular weight is 225 g/mol. The van der Waals surface area contributed by atoms with Crippen molar-refractivity contribution in [1.82, 2.24) is 0 Å². The van der Waals surface area contributed by atoms with Crippen LogP contribution in [0.25, 0.3) is 0 Å². The van der Waals surface area contributed by atoms with Crippen molar-refractivity contribution in [3.8, 4) is 6.07 Å². The Balaban J connectivity index is 1.94. The molecule has 0 fully saturated rings. The molecule has 0 radical (unpaired) electrons. The average Bonchev–Trinajstić information content (AvgIpc) is 2.90. The molecule has 17 heavy (non-hydrogen) atoms. The lowest BCUT2D eigenvalue weighted by Gasteiger charge is -1.99. The quantitative estimate of drug-likeness (QED) is 0.751. The zero-order valence-corrected chi connectivity index (χ0v) is 9.22. The molecule has 3 nitrogen and oxygen atoms in total. The highest BCUT2D eigenvalue weighted by Gasteiger charge is 2.08. The van der Waals surface area contributed by atoms with Crippen LogP contribution in [0.1, 0.15) is 28.1 Å². The van der Waals surface area contributed by atoms with Crippen LogP contribution in [0.3, 0.4) is 0 Å². The second-order valence-electron chi connectivity index (χ2n) is 3.71. The fourth-order valence-electron chi connectivity index (χ4n) is 1.56. The van der Waals surface area contributed by atoms with E-state index >= 15 is 0 Å². The normalized spacial score (nSPS) is 9.82. The van der Waals surface area contributed by atoms with Crippen LogP contribution in [-0.2, 0) is 6.42 Å². The highest BCUT2D eigenvalue weighted by atomic mass is 16.3. The number of nitriles is 1. The number of hydrogen-bond acceptors (Lipinski definition) is 3. The Morgan fingerprint density at radius 1 is 1.24 bits per heavy atom. The fraction of sp³-hybridized carbons (Fsp3) is 0.143. The van der Waals surface area contributed by atoms with Crippen LogP contribution in [-0.4, -0.2) is 5.78 Å². The molecule has 0 bridgehead atoms. The van der Waals surface area contributed by atoms with Gasteiger partial charge in [-0.1, -0.05) is 12.1 Å². The highest BCUT2D eigenvalue weighted by molar-refractivity contribution is 5.93. The van der Waals surface area contributed by atoms with Gasteiger partial charge in [0.25, 0.3) is 0 Å². The van der Waals surface area contributed by atoms with Gasteiger partial charge in [-0.2, -0.15) is 5.26 Å². The van der Waals surface area contributed by atoms with E-state index in [1.165, 1.54) is 6.26 Å². The number of ketones is 1. The van der Waals surface area contributed by atoms with Crippen molar-refractivity contribution in [2.45, 2.75) is 12.8 Å². The Bertz CT molecular complexity index is 533. The number of nitrogens with zero attached hydrogens (tertiary/aromatic N) is 1. The predicted molar refractivity (Wildman–Crippen MR) is 62.5 cm³/mol. The summed E-state index contributed by atoms with van der Waals surface area (Å²) in [4.78, 5) is 11.7. The maximum atomic E-state index is 11.7. The minimum absolute atomic E-state index is 0.000593. The van der Waals surface area contributed by atoms with Gasteiger partial charge in [-0.25, -0.2) is 0 Å². The van der Waals surface area contributed by atoms with E-state index in [1.807, 2.05) is 12.1 Å². The molecular weight excluding hydrogens is 214 g/mol. The summed E-state index contributed by atoms with van der Waals surface area (Å²) < 4.78 is 5.03. The lowest BCUT2D eigenvalue weighted by Crippen LogP contribution is -1.99. The maximum absolute atomic E-state index is 11.7. The van der Waals surface area contributed by atoms with Crippen LogP contribution in [0, 0.1) is 11.3 Å². The van der Waals surface area contributed by atoms with Gasteiger partial charge in [-0.3, -0.25) is 4.79 Å². The van der Waals surface area contributed by atoms with Crippen molar-refractivity contribution in [2.24, 2.45) is 0 Å². The van der Waals surface area contributed by atoms with E-state index < -0.39 is 0 Å². The molecule has 0 amide bonds. The molecule has 0 aliphatic carbocycles. The molecule has 2 aromatic rings. The van der Waals surface area contributed by atoms with Gasteiger partial charge in [0, 0.05) is 6.42 Å². The summed E-state index contributed by atoms with van der Waals surface area (Å²) in [5.41, 5.74) is 1.68. The van der Waals surface area contributed by atoms with Gasteiger partial charge in [0.15, 0.2) is 11.5 Å². The first kappa shape index (κ1) is 11.2. The largest absolute Gasteiger partial charge is 0.461 e. The summed E-state index contributed by atoms with van der Waals surface area (Å²) in [5.74, 6) is 0.401. The number of hydrogen-bond donors (Lipinski definition) is 0. The van der Waals surface area contributed by atoms with Crippen molar-refractivity contribution < 1.29 is 9.21 Å². The van der Waals surface area contributed by atoms with Crippen LogP contribution in [0.5, 0.6) is 0 Å². The standard InChI is InChI=1S/C14H11NO2/c15-10-12-5-3-11(4-6-12)7-8-13(16)14-2-1-9-17-14/h1-6,9H,7-8H2. The van der Waals surface area contributed by atoms with Crippen LogP contribution in [0.15, 0.2) is 47.1 Å². The monoisotopic (exact) mass is 225 g/mol. The fourth-order valence-corrected chi connectivity index (χ4v) is 1.56. The highest BCUT2D eigenvalue weighted by Crippen LogP contribution is 2.10. The maximum Gasteiger partial charge on any atom is 0.198 e. The van der Waals surface area contributed by atoms with Crippen LogP contribution in [0.4, 0.5) is 0 Å². The van der Waals surface area contributed by atoms with Crippen LogP contribution in [0.2, 0.25) is 0 Å². The number of furan rings is 1. The first-order valence-electron chi connectivity index (χ1n) is 5.35. The molecule has 0 aliphatic heterocycles. The number of carbonyl (C=O) groups excluding carboxylic acids is 1. The summed E-state index contributed by atoms with van der Waals surface area (Å²) in [6.07, 6.45) is 2.57. The Labute approximate surface area is 99.3 Å². The van der Waals surface area contributed by atoms with Gasteiger partial charge in [0.1, 0.15) is 0 Å². The third kappa shape index (κ3) is 2.82. The van der Waals surface area contributed by atoms with E-state index in [0.29, 0.717) is 24.2 Å². The van der Waals surface area contributed by atoms with Gasteiger partial charge in [0.2, 0.25) is 0 Å². The number of benzene rings is 1. The molecule has 1 aromatic heterocycles. The Kier molecular flexibility index (Phi) is 3.37. The smallest absolute Gasteiger partial charge is 0.198 e. The van der Waals surface area contributed by atoms with Crippen molar-refractivity contribution in [3.63, 3.8) is 0 Å². The molecule has 2 rings (SSSR count). The number of aryl methyl sites for hydroxylation is 1. The molecular formula is C14H11NO2. The minimum atomic E-state index is -0.000593. The van der Waals surface area contributed by atoms with Crippen molar-refractivity contribution in [3.05, 3.63) is 59.5 Å². The molecule has 0 unspecified atom stereocenters. The third-order valence-corrected chi connectivity index (χ3v) is 2.52. The van der Waals surface area contributed by atoms with Crippen molar-refractivity contribution >= 4 is 5.78 Å². The Morgan fingerprint density at radius 2 is 2.00 bits per heavy atom. The molecule has 0 aliphatic rings. The number of rotatable bonds is 4. The summed E-state index contributed by atoms with van der Waals surface area (Å²) in [6.45, 7) is 0. The van der Waals surface area contributed by atoms with Gasteiger partial charge in [-0.05, 0) is 36.2 Å². The topological polar surface area (TPSA) is 54.0 Å². The Hall–Kier alpha value is -2.34. The van der Waals surface area contributed by atoms with E-state index in [-0.39, 0.29) is 5.78 Å². The van der Waals surface area contributed by atoms with Gasteiger partial charge in [-0.15, -0.1) is 0 Å². The second kappa shape index (κ2) is 5.13. The van der Waals surface area contributed by atoms with Crippen molar-refractivity contribution in [1.29, 1.82) is 5.26 Å². The molecule has 84 valence electrons. The molecule has 3 heteroatoms. The number of Topliss-reactive ketones (excluding diaryl/α,β-unsaturated/α-hetero) is 1. The molecule has 0 saturated heterocycles. The minimum Gasteiger partial charge on any atom is -0.461 e. The van der Waals surface area contributed by atoms with E-state index in [9.17, 15) is 4.79 Å². The van der Waals surface area contributed by atoms with Gasteiger partial charge >= 0.3 is 0 Å². The first-order chi connectivity index (χ1) is 8.29. The number of carbonyl (C=O) groups is 1. The van der Waals surface area contributed by atoms with E-state index in [4.69, 9.17) is 9.68 Å². The molecule has 0 N–H and O–H groups in total. The molecule has 0 spiro atoms. The summed E-state index contributed by atoms with van der Waals surface area (Å²) in [5, 5.41) is 8.66. The molecule has 1 heterocycles. The van der Waals surface area contributed by atoms with Crippen LogP contribution < -0.4 is 0 Å². The summed E-state index contributed by atoms with van der Waals surface area (Å²) in [6, 6.07) is 12.7. The zero-order valence-electron chi connectivity index (χ0n) is 9.22. The van der Waals surface area contributed by atoms with Crippen molar-refractivity contribution in [2.75, 3.05) is 0 Å². The van der Waals surface area contributed by atoms with E-state index in [2.05, 4.69) is 6.07 Å². The van der Waals surface area contributed by atoms with E-state index in [0.717, 1.165) is 5.56 Å². The zero-order chi connectivity index (χ0) is 12.1. The molecule has 0 atom stereocenters. The van der Waals surface area contributed by atoms with Crippen LogP contribution >= 0.6 is 0 Å². The predicted octanol–water partition coefficient (Wildman–Crippen LogP) is 2.97. The summed E-state index contributed by atoms with van der Waals surface area (Å²) >= 11 is 0. The molecule has 1 aromatic carbocycles. The van der Waals surface area contributed by atoms with E-state index in [1.54, 1.807) is 24.3 Å². The second-order valence-corrected chi connectivity index (χ2v) is 3.71.